The minimum absolute atomic E-state index is 0.000643. The lowest BCUT2D eigenvalue weighted by atomic mass is 9.85. The number of sulfonamides is 1. The third-order valence-corrected chi connectivity index (χ3v) is 10.8. The van der Waals surface area contributed by atoms with Crippen molar-refractivity contribution in [3.63, 3.8) is 0 Å². The molecule has 2 heterocycles. The van der Waals surface area contributed by atoms with Crippen LogP contribution in [0.25, 0.3) is 10.9 Å². The van der Waals surface area contributed by atoms with E-state index in [0.29, 0.717) is 29.5 Å². The van der Waals surface area contributed by atoms with Crippen LogP contribution < -0.4 is 24.8 Å². The second kappa shape index (κ2) is 13.3. The average Bonchev–Trinajstić information content (AvgIpc) is 3.95. The molecule has 3 fully saturated rings. The molecule has 1 aliphatic heterocycles. The number of alkyl carbamates (subject to hydrolysis) is 1. The van der Waals surface area contributed by atoms with E-state index >= 15 is 0 Å². The van der Waals surface area contributed by atoms with Crippen molar-refractivity contribution in [2.24, 2.45) is 11.3 Å². The topological polar surface area (TPSA) is 195 Å². The number of methoxy groups -OCH3 is 1. The van der Waals surface area contributed by atoms with Gasteiger partial charge in [0.15, 0.2) is 0 Å². The maximum atomic E-state index is 14.4. The van der Waals surface area contributed by atoms with Crippen molar-refractivity contribution in [2.75, 3.05) is 13.7 Å². The van der Waals surface area contributed by atoms with Gasteiger partial charge in [-0.05, 0) is 57.6 Å². The third-order valence-electron chi connectivity index (χ3n) is 8.96. The number of amides is 4. The number of nitrogens with one attached hydrogen (secondary N) is 3. The molecular weight excluding hydrogens is 668 g/mol. The molecule has 0 radical (unpaired) electrons. The molecule has 3 aliphatic rings. The van der Waals surface area contributed by atoms with Crippen molar-refractivity contribution >= 4 is 44.7 Å². The largest absolute Gasteiger partial charge is 0.497 e. The molecule has 2 saturated carbocycles. The fraction of sp³-hybridized carbons (Fsp3) is 0.588. The normalized spacial score (nSPS) is 24.1. The molecule has 1 saturated heterocycles. The molecule has 50 heavy (non-hydrogen) atoms. The summed E-state index contributed by atoms with van der Waals surface area (Å²) in [5, 5.41) is 5.38. The van der Waals surface area contributed by atoms with Crippen LogP contribution in [0.15, 0.2) is 37.2 Å². The van der Waals surface area contributed by atoms with E-state index in [1.54, 1.807) is 59.7 Å². The SMILES string of the molecule is C=C[C@@H]1C[C@]1(NC(=O)[C@@H]1C[C@@H](Oc2ncnc3cc(OC)ccc23)CN1C(=O)[C@@H](NC(=O)OC(C)(C)C)C(C)(C)C)C(=O)NS(=O)(=O)C1CC1. The smallest absolute Gasteiger partial charge is 0.408 e. The molecule has 4 amide bonds. The third kappa shape index (κ3) is 7.95. The Balaban J connectivity index is 1.44. The lowest BCUT2D eigenvalue weighted by Gasteiger charge is -2.36. The standard InChI is InChI=1S/C34H46N6O9S/c1-9-19-16-34(19,30(43)39-50(45,46)22-11-12-22)38-27(41)25-15-21(48-28-23-13-10-20(47-8)14-24(23)35-18-36-28)17-40(25)29(42)26(32(2,3)4)37-31(44)49-33(5,6)7/h9-10,13-14,18-19,21-22,25-26H,1,11-12,15-17H2,2-8H3,(H,37,44)(H,38,41)(H,39,43)/t19-,21-,25+,26-,34-/m1/s1. The van der Waals surface area contributed by atoms with E-state index in [0.717, 1.165) is 0 Å². The quantitative estimate of drug-likeness (QED) is 0.290. The molecule has 1 aromatic carbocycles. The van der Waals surface area contributed by atoms with Crippen LogP contribution in [0.1, 0.15) is 67.2 Å². The van der Waals surface area contributed by atoms with Crippen molar-refractivity contribution in [3.8, 4) is 11.6 Å². The molecule has 5 atom stereocenters. The Morgan fingerprint density at radius 1 is 1.10 bits per heavy atom. The maximum Gasteiger partial charge on any atom is 0.408 e. The van der Waals surface area contributed by atoms with Gasteiger partial charge in [0.2, 0.25) is 27.7 Å². The summed E-state index contributed by atoms with van der Waals surface area (Å²) in [6.07, 6.45) is 2.31. The number of benzene rings is 1. The Morgan fingerprint density at radius 3 is 2.38 bits per heavy atom. The maximum absolute atomic E-state index is 14.4. The lowest BCUT2D eigenvalue weighted by Crippen LogP contribution is -2.60. The number of rotatable bonds is 11. The van der Waals surface area contributed by atoms with Crippen LogP contribution in [-0.4, -0.2) is 95.3 Å². The lowest BCUT2D eigenvalue weighted by molar-refractivity contribution is -0.143. The van der Waals surface area contributed by atoms with Gasteiger partial charge >= 0.3 is 6.09 Å². The summed E-state index contributed by atoms with van der Waals surface area (Å²) in [6.45, 7) is 14.1. The zero-order valence-corrected chi connectivity index (χ0v) is 30.3. The van der Waals surface area contributed by atoms with E-state index in [9.17, 15) is 27.6 Å². The van der Waals surface area contributed by atoms with Crippen LogP contribution in [0.2, 0.25) is 0 Å². The van der Waals surface area contributed by atoms with Gasteiger partial charge in [-0.1, -0.05) is 26.8 Å². The van der Waals surface area contributed by atoms with Crippen molar-refractivity contribution in [1.29, 1.82) is 0 Å². The Morgan fingerprint density at radius 2 is 1.80 bits per heavy atom. The number of carbonyl (C=O) groups is 4. The van der Waals surface area contributed by atoms with Gasteiger partial charge in [-0.15, -0.1) is 6.58 Å². The molecule has 1 aromatic heterocycles. The van der Waals surface area contributed by atoms with Crippen molar-refractivity contribution in [2.45, 2.75) is 102 Å². The number of hydrogen-bond donors (Lipinski definition) is 3. The summed E-state index contributed by atoms with van der Waals surface area (Å²) < 4.78 is 44.5. The van der Waals surface area contributed by atoms with E-state index in [-0.39, 0.29) is 25.3 Å². The van der Waals surface area contributed by atoms with Crippen molar-refractivity contribution < 1.29 is 41.8 Å². The van der Waals surface area contributed by atoms with Gasteiger partial charge in [-0.2, -0.15) is 0 Å². The Hall–Kier alpha value is -4.47. The number of aromatic nitrogens is 2. The summed E-state index contributed by atoms with van der Waals surface area (Å²) in [5.41, 5.74) is -2.65. The van der Waals surface area contributed by atoms with Gasteiger partial charge in [-0.3, -0.25) is 19.1 Å². The van der Waals surface area contributed by atoms with Crippen LogP contribution >= 0.6 is 0 Å². The fourth-order valence-corrected chi connectivity index (χ4v) is 7.39. The molecule has 272 valence electrons. The number of ether oxygens (including phenoxy) is 3. The number of fused-ring (bicyclic) bond motifs is 1. The zero-order chi connectivity index (χ0) is 36.8. The van der Waals surface area contributed by atoms with Crippen LogP contribution in [0, 0.1) is 11.3 Å². The van der Waals surface area contributed by atoms with Crippen molar-refractivity contribution in [3.05, 3.63) is 37.2 Å². The fourth-order valence-electron chi connectivity index (χ4n) is 6.02. The van der Waals surface area contributed by atoms with Gasteiger partial charge < -0.3 is 29.7 Å². The predicted octanol–water partition coefficient (Wildman–Crippen LogP) is 2.60. The van der Waals surface area contributed by atoms with E-state index in [2.05, 4.69) is 31.9 Å². The second-order valence-electron chi connectivity index (χ2n) is 15.2. The van der Waals surface area contributed by atoms with Crippen LogP contribution in [-0.2, 0) is 29.1 Å². The predicted molar refractivity (Wildman–Crippen MR) is 182 cm³/mol. The molecule has 0 bridgehead atoms. The number of likely N-dealkylation sites (tertiary alicyclic amines) is 1. The highest BCUT2D eigenvalue weighted by Gasteiger charge is 2.62. The van der Waals surface area contributed by atoms with E-state index < -0.39 is 79.7 Å². The molecular formula is C34H46N6O9S. The average molecular weight is 715 g/mol. The Kier molecular flexibility index (Phi) is 9.82. The zero-order valence-electron chi connectivity index (χ0n) is 29.4. The molecule has 15 nitrogen and oxygen atoms in total. The summed E-state index contributed by atoms with van der Waals surface area (Å²) in [4.78, 5) is 64.8. The van der Waals surface area contributed by atoms with E-state index in [1.165, 1.54) is 24.4 Å². The van der Waals surface area contributed by atoms with Gasteiger partial charge in [0, 0.05) is 18.4 Å². The molecule has 16 heteroatoms. The van der Waals surface area contributed by atoms with E-state index in [4.69, 9.17) is 14.2 Å². The monoisotopic (exact) mass is 714 g/mol. The molecule has 0 spiro atoms. The first-order valence-corrected chi connectivity index (χ1v) is 18.1. The highest BCUT2D eigenvalue weighted by atomic mass is 32.2. The Bertz CT molecular complexity index is 1800. The molecule has 2 aliphatic carbocycles. The molecule has 3 N–H and O–H groups in total. The second-order valence-corrected chi connectivity index (χ2v) is 17.1. The van der Waals surface area contributed by atoms with Gasteiger partial charge in [-0.25, -0.2) is 23.2 Å². The summed E-state index contributed by atoms with van der Waals surface area (Å²) in [7, 11) is -2.36. The Labute approximate surface area is 291 Å². The first kappa shape index (κ1) is 36.8. The van der Waals surface area contributed by atoms with Gasteiger partial charge in [0.25, 0.3) is 5.91 Å². The number of hydrogen-bond acceptors (Lipinski definition) is 11. The molecule has 0 unspecified atom stereocenters. The first-order valence-electron chi connectivity index (χ1n) is 16.5. The first-order chi connectivity index (χ1) is 23.3. The number of carbonyl (C=O) groups excluding carboxylic acids is 4. The van der Waals surface area contributed by atoms with E-state index in [1.807, 2.05) is 0 Å². The number of nitrogens with zero attached hydrogens (tertiary/aromatic N) is 3. The highest BCUT2D eigenvalue weighted by Crippen LogP contribution is 2.45. The minimum Gasteiger partial charge on any atom is -0.497 e. The van der Waals surface area contributed by atoms with Crippen LogP contribution in [0.3, 0.4) is 0 Å². The summed E-state index contributed by atoms with van der Waals surface area (Å²) in [6, 6.07) is 2.91. The van der Waals surface area contributed by atoms with Crippen molar-refractivity contribution in [1.82, 2.24) is 30.2 Å². The van der Waals surface area contributed by atoms with Gasteiger partial charge in [0.1, 0.15) is 41.4 Å². The minimum atomic E-state index is -3.90. The van der Waals surface area contributed by atoms with Gasteiger partial charge in [0.05, 0.1) is 29.8 Å². The summed E-state index contributed by atoms with van der Waals surface area (Å²) in [5.74, 6) is -1.83. The highest BCUT2D eigenvalue weighted by molar-refractivity contribution is 7.91. The van der Waals surface area contributed by atoms with Crippen LogP contribution in [0.5, 0.6) is 11.6 Å². The molecule has 2 aromatic rings. The summed E-state index contributed by atoms with van der Waals surface area (Å²) >= 11 is 0. The van der Waals surface area contributed by atoms with Crippen LogP contribution in [0.4, 0.5) is 4.79 Å². The molecule has 5 rings (SSSR count).